The maximum Gasteiger partial charge on any atom is 0.460 e. The van der Waals surface area contributed by atoms with E-state index in [1.54, 1.807) is 0 Å². The van der Waals surface area contributed by atoms with Crippen molar-refractivity contribution < 1.29 is 66.6 Å². The molecule has 2 fully saturated rings. The molecule has 0 heterocycles. The molecule has 0 spiro atoms. The molecule has 0 amide bonds. The van der Waals surface area contributed by atoms with Crippen LogP contribution in [0.3, 0.4) is 0 Å². The predicted molar refractivity (Wildman–Crippen MR) is 137 cm³/mol. The van der Waals surface area contributed by atoms with Gasteiger partial charge >= 0.3 is 41.8 Å². The van der Waals surface area contributed by atoms with Crippen LogP contribution in [-0.2, 0) is 11.2 Å². The van der Waals surface area contributed by atoms with E-state index in [2.05, 4.69) is 6.92 Å². The van der Waals surface area contributed by atoms with Crippen LogP contribution in [0.1, 0.15) is 83.1 Å². The standard InChI is InChI=1S/C30H35F13O2/c1-2-3-18-4-8-20(9-5-18)21-10-12-22(13-11-21)24(44)45-23-14-6-19(7-15-23)16-17-25(31,32)26(33,34)27(35,36)28(37,38)29(39,40)30(41,42)43/h6-7,14-15,18,20-22H,2-5,8-13,16-17H2,1H3. The van der Waals surface area contributed by atoms with Crippen molar-refractivity contribution in [2.75, 3.05) is 0 Å². The Morgan fingerprint density at radius 1 is 0.667 bits per heavy atom. The van der Waals surface area contributed by atoms with Gasteiger partial charge in [-0.3, -0.25) is 4.79 Å². The Balaban J connectivity index is 1.54. The fourth-order valence-electron chi connectivity index (χ4n) is 6.37. The minimum absolute atomic E-state index is 0.0437. The quantitative estimate of drug-likeness (QED) is 0.125. The molecule has 258 valence electrons. The summed E-state index contributed by atoms with van der Waals surface area (Å²) in [6.45, 7) is 2.18. The summed E-state index contributed by atoms with van der Waals surface area (Å²) in [5.74, 6) is -35.9. The Bertz CT molecular complexity index is 1120. The smallest absolute Gasteiger partial charge is 0.426 e. The summed E-state index contributed by atoms with van der Waals surface area (Å²) < 4.78 is 178. The van der Waals surface area contributed by atoms with Gasteiger partial charge in [-0.25, -0.2) is 0 Å². The van der Waals surface area contributed by atoms with E-state index in [4.69, 9.17) is 4.74 Å². The summed E-state index contributed by atoms with van der Waals surface area (Å²) >= 11 is 0. The van der Waals surface area contributed by atoms with Crippen LogP contribution < -0.4 is 4.74 Å². The molecule has 0 unspecified atom stereocenters. The van der Waals surface area contributed by atoms with Crippen LogP contribution in [0, 0.1) is 23.7 Å². The zero-order chi connectivity index (χ0) is 34.1. The highest BCUT2D eigenvalue weighted by Gasteiger charge is 2.90. The van der Waals surface area contributed by atoms with E-state index >= 15 is 0 Å². The normalized spacial score (nSPS) is 24.4. The highest BCUT2D eigenvalue weighted by molar-refractivity contribution is 5.75. The van der Waals surface area contributed by atoms with Crippen molar-refractivity contribution in [3.63, 3.8) is 0 Å². The summed E-state index contributed by atoms with van der Waals surface area (Å²) in [6, 6.07) is 4.17. The topological polar surface area (TPSA) is 26.3 Å². The fraction of sp³-hybridized carbons (Fsp3) is 0.767. The van der Waals surface area contributed by atoms with Crippen molar-refractivity contribution in [3.8, 4) is 5.75 Å². The largest absolute Gasteiger partial charge is 0.460 e. The average molecular weight is 675 g/mol. The van der Waals surface area contributed by atoms with Crippen molar-refractivity contribution >= 4 is 5.97 Å². The molecule has 0 radical (unpaired) electrons. The van der Waals surface area contributed by atoms with E-state index in [-0.39, 0.29) is 17.2 Å². The molecule has 3 rings (SSSR count). The molecule has 0 aliphatic heterocycles. The van der Waals surface area contributed by atoms with Gasteiger partial charge in [0.25, 0.3) is 0 Å². The van der Waals surface area contributed by atoms with Crippen LogP contribution in [0.5, 0.6) is 5.75 Å². The molecule has 1 aromatic rings. The molecule has 2 saturated carbocycles. The van der Waals surface area contributed by atoms with Crippen molar-refractivity contribution in [1.29, 1.82) is 0 Å². The predicted octanol–water partition coefficient (Wildman–Crippen LogP) is 10.7. The number of hydrogen-bond acceptors (Lipinski definition) is 2. The van der Waals surface area contributed by atoms with E-state index in [1.165, 1.54) is 38.5 Å². The van der Waals surface area contributed by atoms with Gasteiger partial charge < -0.3 is 4.74 Å². The van der Waals surface area contributed by atoms with E-state index in [0.717, 1.165) is 43.0 Å². The Hall–Kier alpha value is -2.22. The first-order chi connectivity index (χ1) is 20.6. The number of carbonyl (C=O) groups excluding carboxylic acids is 1. The minimum Gasteiger partial charge on any atom is -0.426 e. The number of rotatable bonds is 12. The third-order valence-electron chi connectivity index (χ3n) is 9.23. The second-order valence-corrected chi connectivity index (χ2v) is 12.2. The molecule has 45 heavy (non-hydrogen) atoms. The van der Waals surface area contributed by atoms with Crippen LogP contribution in [0.15, 0.2) is 24.3 Å². The first-order valence-electron chi connectivity index (χ1n) is 14.9. The number of alkyl halides is 13. The van der Waals surface area contributed by atoms with Crippen LogP contribution >= 0.6 is 0 Å². The minimum atomic E-state index is -7.91. The van der Waals surface area contributed by atoms with Gasteiger partial charge in [-0.05, 0) is 80.4 Å². The molecule has 0 aromatic heterocycles. The van der Waals surface area contributed by atoms with Crippen molar-refractivity contribution in [2.24, 2.45) is 23.7 Å². The SMILES string of the molecule is CCCC1CCC(C2CCC(C(=O)Oc3ccc(CCC(F)(F)C(F)(F)C(F)(F)C(F)(F)C(F)(F)C(F)(F)F)cc3)CC2)CC1. The second-order valence-electron chi connectivity index (χ2n) is 12.2. The second kappa shape index (κ2) is 13.5. The highest BCUT2D eigenvalue weighted by Crippen LogP contribution is 2.60. The van der Waals surface area contributed by atoms with Crippen molar-refractivity contribution in [2.45, 2.75) is 120 Å². The van der Waals surface area contributed by atoms with Gasteiger partial charge in [0.05, 0.1) is 5.92 Å². The molecular formula is C30H35F13O2. The van der Waals surface area contributed by atoms with E-state index in [9.17, 15) is 61.9 Å². The Morgan fingerprint density at radius 3 is 1.60 bits per heavy atom. The number of carbonyl (C=O) groups is 1. The van der Waals surface area contributed by atoms with Gasteiger partial charge in [-0.2, -0.15) is 57.1 Å². The number of aryl methyl sites for hydroxylation is 1. The van der Waals surface area contributed by atoms with E-state index in [0.29, 0.717) is 24.7 Å². The van der Waals surface area contributed by atoms with Crippen molar-refractivity contribution in [1.82, 2.24) is 0 Å². The lowest BCUT2D eigenvalue weighted by molar-refractivity contribution is -0.440. The molecule has 0 N–H and O–H groups in total. The van der Waals surface area contributed by atoms with Gasteiger partial charge in [0.15, 0.2) is 0 Å². The summed E-state index contributed by atoms with van der Waals surface area (Å²) in [6.07, 6.45) is -0.726. The molecule has 2 aliphatic carbocycles. The molecule has 2 aliphatic rings. The lowest BCUT2D eigenvalue weighted by atomic mass is 9.69. The van der Waals surface area contributed by atoms with Crippen molar-refractivity contribution in [3.05, 3.63) is 29.8 Å². The van der Waals surface area contributed by atoms with E-state index in [1.807, 2.05) is 0 Å². The number of hydrogen-bond donors (Lipinski definition) is 0. The first-order valence-corrected chi connectivity index (χ1v) is 14.9. The summed E-state index contributed by atoms with van der Waals surface area (Å²) in [5, 5.41) is 0. The third kappa shape index (κ3) is 7.52. The Morgan fingerprint density at radius 2 is 1.13 bits per heavy atom. The van der Waals surface area contributed by atoms with Crippen LogP contribution in [-0.4, -0.2) is 41.8 Å². The lowest BCUT2D eigenvalue weighted by Gasteiger charge is -2.39. The van der Waals surface area contributed by atoms with Gasteiger partial charge in [-0.15, -0.1) is 0 Å². The molecule has 2 nitrogen and oxygen atoms in total. The highest BCUT2D eigenvalue weighted by atomic mass is 19.4. The number of halogens is 13. The molecule has 15 heteroatoms. The molecule has 0 atom stereocenters. The van der Waals surface area contributed by atoms with Gasteiger partial charge in [0.1, 0.15) is 5.75 Å². The number of ether oxygens (including phenoxy) is 1. The first kappa shape index (κ1) is 37.2. The number of esters is 1. The van der Waals surface area contributed by atoms with Gasteiger partial charge in [0, 0.05) is 6.42 Å². The summed E-state index contributed by atoms with van der Waals surface area (Å²) in [7, 11) is 0. The maximum absolute atomic E-state index is 14.1. The Kier molecular flexibility index (Phi) is 11.2. The fourth-order valence-corrected chi connectivity index (χ4v) is 6.37. The summed E-state index contributed by atoms with van der Waals surface area (Å²) in [5.41, 5.74) is -0.255. The lowest BCUT2D eigenvalue weighted by Crippen LogP contribution is -2.70. The summed E-state index contributed by atoms with van der Waals surface area (Å²) in [4.78, 5) is 12.7. The molecule has 0 saturated heterocycles. The van der Waals surface area contributed by atoms with Crippen LogP contribution in [0.2, 0.25) is 0 Å². The maximum atomic E-state index is 14.1. The van der Waals surface area contributed by atoms with Gasteiger partial charge in [0.2, 0.25) is 0 Å². The van der Waals surface area contributed by atoms with Gasteiger partial charge in [-0.1, -0.05) is 44.7 Å². The zero-order valence-corrected chi connectivity index (χ0v) is 24.3. The molecule has 0 bridgehead atoms. The van der Waals surface area contributed by atoms with Crippen LogP contribution in [0.4, 0.5) is 57.1 Å². The van der Waals surface area contributed by atoms with E-state index < -0.39 is 54.6 Å². The Labute approximate surface area is 252 Å². The molecular weight excluding hydrogens is 639 g/mol. The average Bonchev–Trinajstić information content (AvgIpc) is 2.96. The zero-order valence-electron chi connectivity index (χ0n) is 24.3. The number of benzene rings is 1. The monoisotopic (exact) mass is 674 g/mol. The third-order valence-corrected chi connectivity index (χ3v) is 9.23. The molecule has 1 aromatic carbocycles. The van der Waals surface area contributed by atoms with Crippen LogP contribution in [0.25, 0.3) is 0 Å².